The number of methoxy groups -OCH3 is 1. The summed E-state index contributed by atoms with van der Waals surface area (Å²) in [6.07, 6.45) is 3.77. The van der Waals surface area contributed by atoms with Crippen molar-refractivity contribution in [2.75, 3.05) is 39.6 Å². The second kappa shape index (κ2) is 13.1. The van der Waals surface area contributed by atoms with Gasteiger partial charge in [-0.15, -0.1) is 0 Å². The first-order valence-electron chi connectivity index (χ1n) is 11.0. The number of carbonyl (C=O) groups excluding carboxylic acids is 2. The summed E-state index contributed by atoms with van der Waals surface area (Å²) < 4.78 is 10.1. The van der Waals surface area contributed by atoms with E-state index in [1.165, 1.54) is 12.7 Å². The van der Waals surface area contributed by atoms with Gasteiger partial charge in [-0.1, -0.05) is 13.0 Å². The van der Waals surface area contributed by atoms with Crippen molar-refractivity contribution >= 4 is 17.9 Å². The van der Waals surface area contributed by atoms with Gasteiger partial charge in [0.25, 0.3) is 0 Å². The molecule has 1 atom stereocenters. The molecule has 8 heteroatoms. The molecule has 176 valence electrons. The van der Waals surface area contributed by atoms with E-state index in [-0.39, 0.29) is 0 Å². The Kier molecular flexibility index (Phi) is 11.3. The Bertz CT molecular complexity index is 703. The van der Waals surface area contributed by atoms with Gasteiger partial charge < -0.3 is 25.0 Å². The van der Waals surface area contributed by atoms with Crippen LogP contribution >= 0.6 is 0 Å². The zero-order valence-corrected chi connectivity index (χ0v) is 20.2. The van der Waals surface area contributed by atoms with Crippen LogP contribution in [0.5, 0.6) is 0 Å². The molecule has 8 nitrogen and oxygen atoms in total. The highest BCUT2D eigenvalue weighted by Gasteiger charge is 2.25. The Morgan fingerprint density at radius 2 is 1.90 bits per heavy atom. The molecule has 1 unspecified atom stereocenters. The van der Waals surface area contributed by atoms with Gasteiger partial charge in [0, 0.05) is 19.3 Å². The summed E-state index contributed by atoms with van der Waals surface area (Å²) in [7, 11) is 5.23. The molecule has 1 aromatic heterocycles. The number of nitrogens with one attached hydrogen (secondary N) is 2. The Balaban J connectivity index is 2.42. The van der Waals surface area contributed by atoms with E-state index in [4.69, 9.17) is 14.5 Å². The third kappa shape index (κ3) is 10.5. The lowest BCUT2D eigenvalue weighted by atomic mass is 10.1. The van der Waals surface area contributed by atoms with Gasteiger partial charge in [0.1, 0.15) is 17.5 Å². The number of aryl methyl sites for hydroxylation is 2. The molecule has 0 fully saturated rings. The van der Waals surface area contributed by atoms with Gasteiger partial charge >= 0.3 is 12.1 Å². The number of nitrogens with zero attached hydrogens (tertiary/aromatic N) is 2. The first-order valence-corrected chi connectivity index (χ1v) is 11.0. The van der Waals surface area contributed by atoms with Crippen LogP contribution in [0.1, 0.15) is 58.2 Å². The smallest absolute Gasteiger partial charge is 0.408 e. The van der Waals surface area contributed by atoms with Crippen LogP contribution < -0.4 is 10.6 Å². The van der Waals surface area contributed by atoms with Crippen molar-refractivity contribution in [3.05, 3.63) is 23.4 Å². The van der Waals surface area contributed by atoms with E-state index in [0.717, 1.165) is 43.7 Å². The summed E-state index contributed by atoms with van der Waals surface area (Å²) >= 11 is 0. The number of unbranched alkanes of at least 4 members (excludes halogenated alkanes) is 1. The number of esters is 1. The number of alkyl carbamates (subject to hydrolysis) is 1. The van der Waals surface area contributed by atoms with E-state index in [0.29, 0.717) is 13.0 Å². The van der Waals surface area contributed by atoms with E-state index in [1.54, 1.807) is 20.8 Å². The fourth-order valence-electron chi connectivity index (χ4n) is 3.16. The molecule has 1 rings (SSSR count). The normalized spacial score (nSPS) is 12.4. The number of amides is 1. The van der Waals surface area contributed by atoms with E-state index < -0.39 is 23.7 Å². The Morgan fingerprint density at radius 3 is 2.48 bits per heavy atom. The molecule has 0 aliphatic rings. The van der Waals surface area contributed by atoms with Crippen LogP contribution in [0.25, 0.3) is 0 Å². The highest BCUT2D eigenvalue weighted by Crippen LogP contribution is 2.15. The van der Waals surface area contributed by atoms with Crippen LogP contribution in [0.3, 0.4) is 0 Å². The number of anilines is 1. The molecule has 0 bridgehead atoms. The number of hydrogen-bond acceptors (Lipinski definition) is 7. The van der Waals surface area contributed by atoms with E-state index in [9.17, 15) is 9.59 Å². The number of pyridine rings is 1. The number of hydrogen-bond donors (Lipinski definition) is 2. The molecule has 2 N–H and O–H groups in total. The maximum Gasteiger partial charge on any atom is 0.408 e. The van der Waals surface area contributed by atoms with Gasteiger partial charge in [-0.2, -0.15) is 0 Å². The molecular weight excluding hydrogens is 396 g/mol. The molecule has 1 amide bonds. The molecule has 0 aromatic carbocycles. The maximum atomic E-state index is 12.0. The van der Waals surface area contributed by atoms with Crippen LogP contribution in [-0.4, -0.2) is 67.9 Å². The van der Waals surface area contributed by atoms with Crippen molar-refractivity contribution < 1.29 is 19.1 Å². The molecule has 0 saturated heterocycles. The van der Waals surface area contributed by atoms with Gasteiger partial charge in [-0.3, -0.25) is 0 Å². The molecule has 0 saturated carbocycles. The van der Waals surface area contributed by atoms with Crippen molar-refractivity contribution in [3.8, 4) is 0 Å². The molecule has 1 aromatic rings. The monoisotopic (exact) mass is 436 g/mol. The van der Waals surface area contributed by atoms with E-state index in [2.05, 4.69) is 34.6 Å². The minimum absolute atomic E-state index is 0.452. The summed E-state index contributed by atoms with van der Waals surface area (Å²) in [6.45, 7) is 9.01. The van der Waals surface area contributed by atoms with Crippen molar-refractivity contribution in [1.29, 1.82) is 0 Å². The fourth-order valence-corrected chi connectivity index (χ4v) is 3.16. The highest BCUT2D eigenvalue weighted by molar-refractivity contribution is 5.81. The Labute approximate surface area is 187 Å². The maximum absolute atomic E-state index is 12.0. The van der Waals surface area contributed by atoms with Crippen LogP contribution in [0, 0.1) is 0 Å². The van der Waals surface area contributed by atoms with Gasteiger partial charge in [-0.05, 0) is 78.1 Å². The summed E-state index contributed by atoms with van der Waals surface area (Å²) in [5.74, 6) is 0.490. The van der Waals surface area contributed by atoms with E-state index in [1.807, 2.05) is 14.1 Å². The molecule has 0 aliphatic carbocycles. The minimum atomic E-state index is -0.733. The number of ether oxygens (including phenoxy) is 2. The zero-order chi connectivity index (χ0) is 23.4. The largest absolute Gasteiger partial charge is 0.467 e. The minimum Gasteiger partial charge on any atom is -0.467 e. The van der Waals surface area contributed by atoms with Crippen LogP contribution in [0.4, 0.5) is 10.6 Å². The second-order valence-corrected chi connectivity index (χ2v) is 8.68. The standard InChI is InChI=1S/C23H40N4O4/c1-8-17-12-13-18(25-20(17)24-5)11-9-10-15-27(6)16-14-19(21(28)30-7)26-22(29)31-23(2,3)4/h12-13,19H,8-11,14-16H2,1-7H3,(H,24,25)(H,26,29). The fraction of sp³-hybridized carbons (Fsp3) is 0.696. The molecule has 0 spiro atoms. The molecular formula is C23H40N4O4. The van der Waals surface area contributed by atoms with Gasteiger partial charge in [0.05, 0.1) is 7.11 Å². The molecule has 0 aliphatic heterocycles. The number of carbonyl (C=O) groups is 2. The third-order valence-electron chi connectivity index (χ3n) is 4.85. The highest BCUT2D eigenvalue weighted by atomic mass is 16.6. The summed E-state index contributed by atoms with van der Waals surface area (Å²) in [5, 5.41) is 5.78. The lowest BCUT2D eigenvalue weighted by Gasteiger charge is -2.24. The van der Waals surface area contributed by atoms with Crippen molar-refractivity contribution in [3.63, 3.8) is 0 Å². The van der Waals surface area contributed by atoms with Gasteiger partial charge in [0.2, 0.25) is 0 Å². The predicted octanol–water partition coefficient (Wildman–Crippen LogP) is 3.40. The summed E-state index contributed by atoms with van der Waals surface area (Å²) in [4.78, 5) is 30.9. The zero-order valence-electron chi connectivity index (χ0n) is 20.2. The van der Waals surface area contributed by atoms with Gasteiger partial charge in [-0.25, -0.2) is 14.6 Å². The SMILES string of the molecule is CCc1ccc(CCCCN(C)CCC(NC(=O)OC(C)(C)C)C(=O)OC)nc1NC. The summed E-state index contributed by atoms with van der Waals surface area (Å²) in [6, 6.07) is 3.51. The molecule has 31 heavy (non-hydrogen) atoms. The predicted molar refractivity (Wildman–Crippen MR) is 123 cm³/mol. The third-order valence-corrected chi connectivity index (χ3v) is 4.85. The quantitative estimate of drug-likeness (QED) is 0.383. The molecule has 0 radical (unpaired) electrons. The van der Waals surface area contributed by atoms with Crippen LogP contribution in [0.2, 0.25) is 0 Å². The lowest BCUT2D eigenvalue weighted by Crippen LogP contribution is -2.45. The second-order valence-electron chi connectivity index (χ2n) is 8.68. The average molecular weight is 437 g/mol. The van der Waals surface area contributed by atoms with Crippen molar-refractivity contribution in [2.45, 2.75) is 71.4 Å². The lowest BCUT2D eigenvalue weighted by molar-refractivity contribution is -0.143. The van der Waals surface area contributed by atoms with Crippen LogP contribution in [-0.2, 0) is 27.1 Å². The first kappa shape index (κ1) is 26.7. The average Bonchev–Trinajstić information content (AvgIpc) is 2.71. The Morgan fingerprint density at radius 1 is 1.19 bits per heavy atom. The van der Waals surface area contributed by atoms with E-state index >= 15 is 0 Å². The molecule has 1 heterocycles. The number of rotatable bonds is 12. The van der Waals surface area contributed by atoms with Crippen molar-refractivity contribution in [2.24, 2.45) is 0 Å². The topological polar surface area (TPSA) is 92.8 Å². The first-order chi connectivity index (χ1) is 14.6. The van der Waals surface area contributed by atoms with Crippen LogP contribution in [0.15, 0.2) is 12.1 Å². The van der Waals surface area contributed by atoms with Gasteiger partial charge in [0.15, 0.2) is 0 Å². The number of aromatic nitrogens is 1. The Hall–Kier alpha value is -2.35. The summed E-state index contributed by atoms with van der Waals surface area (Å²) in [5.41, 5.74) is 1.70. The van der Waals surface area contributed by atoms with Crippen molar-refractivity contribution in [1.82, 2.24) is 15.2 Å².